The lowest BCUT2D eigenvalue weighted by Crippen LogP contribution is -2.45. The average Bonchev–Trinajstić information content (AvgIpc) is 2.20. The van der Waals surface area contributed by atoms with E-state index >= 15 is 0 Å². The number of hydrogen-bond donors (Lipinski definition) is 0. The maximum Gasteiger partial charge on any atom is 0.414 e. The van der Waals surface area contributed by atoms with Crippen molar-refractivity contribution < 1.29 is 17.9 Å². The van der Waals surface area contributed by atoms with Crippen LogP contribution < -0.4 is 0 Å². The van der Waals surface area contributed by atoms with Crippen molar-refractivity contribution in [1.82, 2.24) is 0 Å². The molecule has 1 atom stereocenters. The first-order chi connectivity index (χ1) is 7.29. The van der Waals surface area contributed by atoms with E-state index in [0.717, 1.165) is 19.8 Å². The minimum absolute atomic E-state index is 0.479. The summed E-state index contributed by atoms with van der Waals surface area (Å²) in [6.45, 7) is 3.22. The quantitative estimate of drug-likeness (QED) is 0.706. The smallest absolute Gasteiger partial charge is 0.362 e. The molecule has 1 saturated carbocycles. The maximum atomic E-state index is 12.4. The topological polar surface area (TPSA) is 9.23 Å². The molecule has 0 saturated heterocycles. The molecule has 0 amide bonds. The Morgan fingerprint density at radius 2 is 1.88 bits per heavy atom. The van der Waals surface area contributed by atoms with Gasteiger partial charge in [0.15, 0.2) is 6.10 Å². The second kappa shape index (κ2) is 5.25. The van der Waals surface area contributed by atoms with Crippen molar-refractivity contribution >= 4 is 15.9 Å². The lowest BCUT2D eigenvalue weighted by Gasteiger charge is -2.40. The van der Waals surface area contributed by atoms with Crippen LogP contribution in [0.4, 0.5) is 13.2 Å². The van der Waals surface area contributed by atoms with Crippen LogP contribution in [0.3, 0.4) is 0 Å². The number of rotatable bonds is 3. The molecule has 5 heteroatoms. The lowest BCUT2D eigenvalue weighted by molar-refractivity contribution is -0.248. The van der Waals surface area contributed by atoms with E-state index in [-0.39, 0.29) is 0 Å². The zero-order chi connectivity index (χ0) is 12.4. The Kier molecular flexibility index (Phi) is 4.69. The van der Waals surface area contributed by atoms with E-state index in [1.807, 2.05) is 0 Å². The van der Waals surface area contributed by atoms with Gasteiger partial charge in [-0.05, 0) is 38.5 Å². The van der Waals surface area contributed by atoms with Gasteiger partial charge in [-0.3, -0.25) is 0 Å². The summed E-state index contributed by atoms with van der Waals surface area (Å²) in [5.41, 5.74) is -0.624. The molecule has 1 aliphatic carbocycles. The molecule has 0 spiro atoms. The molecular formula is C11H18BrF3O. The van der Waals surface area contributed by atoms with E-state index in [1.165, 1.54) is 0 Å². The summed E-state index contributed by atoms with van der Waals surface area (Å²) in [5, 5.41) is 0.479. The monoisotopic (exact) mass is 302 g/mol. The van der Waals surface area contributed by atoms with Crippen LogP contribution in [0.25, 0.3) is 0 Å². The molecule has 1 unspecified atom stereocenters. The SMILES string of the molecule is CC1CCC(CBr)(OC(C)C(F)(F)F)CC1. The predicted octanol–water partition coefficient (Wildman–Crippen LogP) is 4.30. The molecule has 0 aromatic rings. The van der Waals surface area contributed by atoms with Gasteiger partial charge >= 0.3 is 6.18 Å². The Labute approximate surface area is 103 Å². The maximum absolute atomic E-state index is 12.4. The fraction of sp³-hybridized carbons (Fsp3) is 1.00. The number of ether oxygens (including phenoxy) is 1. The molecule has 0 heterocycles. The van der Waals surface area contributed by atoms with Crippen molar-refractivity contribution in [3.63, 3.8) is 0 Å². The Bertz CT molecular complexity index is 222. The molecule has 16 heavy (non-hydrogen) atoms. The lowest BCUT2D eigenvalue weighted by atomic mass is 9.80. The summed E-state index contributed by atoms with van der Waals surface area (Å²) < 4.78 is 42.6. The van der Waals surface area contributed by atoms with Crippen LogP contribution in [-0.2, 0) is 4.74 Å². The van der Waals surface area contributed by atoms with Crippen molar-refractivity contribution in [3.05, 3.63) is 0 Å². The summed E-state index contributed by atoms with van der Waals surface area (Å²) in [5.74, 6) is 0.594. The minimum Gasteiger partial charge on any atom is -0.362 e. The van der Waals surface area contributed by atoms with Gasteiger partial charge in [0.05, 0.1) is 5.60 Å². The van der Waals surface area contributed by atoms with Crippen molar-refractivity contribution in [2.45, 2.75) is 57.4 Å². The van der Waals surface area contributed by atoms with Crippen molar-refractivity contribution in [1.29, 1.82) is 0 Å². The fourth-order valence-corrected chi connectivity index (χ4v) is 2.71. The first-order valence-corrected chi connectivity index (χ1v) is 6.72. The Hall–Kier alpha value is 0.230. The van der Waals surface area contributed by atoms with Crippen LogP contribution in [0.2, 0.25) is 0 Å². The summed E-state index contributed by atoms with van der Waals surface area (Å²) >= 11 is 3.29. The van der Waals surface area contributed by atoms with Crippen LogP contribution in [0, 0.1) is 5.92 Å². The van der Waals surface area contributed by atoms with Gasteiger partial charge < -0.3 is 4.74 Å². The zero-order valence-corrected chi connectivity index (χ0v) is 11.2. The summed E-state index contributed by atoms with van der Waals surface area (Å²) in [6, 6.07) is 0. The van der Waals surface area contributed by atoms with Crippen LogP contribution in [-0.4, -0.2) is 23.2 Å². The number of halogens is 4. The molecule has 96 valence electrons. The third kappa shape index (κ3) is 3.62. The van der Waals surface area contributed by atoms with E-state index in [2.05, 4.69) is 22.9 Å². The van der Waals surface area contributed by atoms with E-state index in [0.29, 0.717) is 24.1 Å². The normalized spacial score (nSPS) is 33.8. The molecule has 1 nitrogen and oxygen atoms in total. The molecule has 1 rings (SSSR count). The highest BCUT2D eigenvalue weighted by atomic mass is 79.9. The molecule has 1 fully saturated rings. The average molecular weight is 303 g/mol. The summed E-state index contributed by atoms with van der Waals surface area (Å²) in [7, 11) is 0. The third-order valence-corrected chi connectivity index (χ3v) is 4.34. The molecule has 0 radical (unpaired) electrons. The minimum atomic E-state index is -4.27. The highest BCUT2D eigenvalue weighted by molar-refractivity contribution is 9.09. The largest absolute Gasteiger partial charge is 0.414 e. The van der Waals surface area contributed by atoms with E-state index < -0.39 is 17.9 Å². The van der Waals surface area contributed by atoms with Crippen molar-refractivity contribution in [2.75, 3.05) is 5.33 Å². The second-order valence-corrected chi connectivity index (χ2v) is 5.36. The fourth-order valence-electron chi connectivity index (χ4n) is 2.01. The molecule has 0 aromatic carbocycles. The van der Waals surface area contributed by atoms with Crippen LogP contribution in [0.1, 0.15) is 39.5 Å². The van der Waals surface area contributed by atoms with Crippen molar-refractivity contribution in [2.24, 2.45) is 5.92 Å². The standard InChI is InChI=1S/C11H18BrF3O/c1-8-3-5-10(7-12,6-4-8)16-9(2)11(13,14)15/h8-9H,3-7H2,1-2H3. The zero-order valence-electron chi connectivity index (χ0n) is 9.61. The summed E-state index contributed by atoms with van der Waals surface area (Å²) in [6.07, 6.45) is -2.65. The van der Waals surface area contributed by atoms with E-state index in [4.69, 9.17) is 4.74 Å². The van der Waals surface area contributed by atoms with Crippen LogP contribution >= 0.6 is 15.9 Å². The van der Waals surface area contributed by atoms with Gasteiger partial charge in [-0.1, -0.05) is 22.9 Å². The molecular weight excluding hydrogens is 285 g/mol. The highest BCUT2D eigenvalue weighted by Gasteiger charge is 2.44. The van der Waals surface area contributed by atoms with E-state index in [9.17, 15) is 13.2 Å². The second-order valence-electron chi connectivity index (χ2n) is 4.80. The molecule has 0 bridgehead atoms. The number of alkyl halides is 4. The highest BCUT2D eigenvalue weighted by Crippen LogP contribution is 2.39. The van der Waals surface area contributed by atoms with Gasteiger partial charge in [-0.25, -0.2) is 0 Å². The Balaban J connectivity index is 2.61. The van der Waals surface area contributed by atoms with Crippen LogP contribution in [0.15, 0.2) is 0 Å². The third-order valence-electron chi connectivity index (χ3n) is 3.32. The summed E-state index contributed by atoms with van der Waals surface area (Å²) in [4.78, 5) is 0. The van der Waals surface area contributed by atoms with E-state index in [1.54, 1.807) is 0 Å². The van der Waals surface area contributed by atoms with Crippen LogP contribution in [0.5, 0.6) is 0 Å². The first-order valence-electron chi connectivity index (χ1n) is 5.59. The van der Waals surface area contributed by atoms with Gasteiger partial charge in [0.1, 0.15) is 0 Å². The molecule has 0 aliphatic heterocycles. The van der Waals surface area contributed by atoms with Gasteiger partial charge in [0.25, 0.3) is 0 Å². The Morgan fingerprint density at radius 3 is 2.25 bits per heavy atom. The first kappa shape index (κ1) is 14.3. The molecule has 0 N–H and O–H groups in total. The van der Waals surface area contributed by atoms with Gasteiger partial charge in [-0.2, -0.15) is 13.2 Å². The van der Waals surface area contributed by atoms with Gasteiger partial charge in [-0.15, -0.1) is 0 Å². The number of hydrogen-bond acceptors (Lipinski definition) is 1. The predicted molar refractivity (Wildman–Crippen MR) is 60.8 cm³/mol. The molecule has 1 aliphatic rings. The van der Waals surface area contributed by atoms with Crippen molar-refractivity contribution in [3.8, 4) is 0 Å². The van der Waals surface area contributed by atoms with Gasteiger partial charge in [0, 0.05) is 5.33 Å². The van der Waals surface area contributed by atoms with Gasteiger partial charge in [0.2, 0.25) is 0 Å². The molecule has 0 aromatic heterocycles. The Morgan fingerprint density at radius 1 is 1.38 bits per heavy atom.